The summed E-state index contributed by atoms with van der Waals surface area (Å²) in [5, 5.41) is 6.10. The summed E-state index contributed by atoms with van der Waals surface area (Å²) < 4.78 is 43.4. The fraction of sp³-hybridized carbons (Fsp3) is 0.409. The first-order valence-electron chi connectivity index (χ1n) is 9.80. The molecule has 2 aromatic rings. The number of nitrogens with one attached hydrogen (secondary N) is 2. The minimum Gasteiger partial charge on any atom is -0.454 e. The molecule has 2 N–H and O–H groups in total. The number of hydrogen-bond donors (Lipinski definition) is 2. The summed E-state index contributed by atoms with van der Waals surface area (Å²) in [5.74, 6) is 0.852. The second-order valence-corrected chi connectivity index (χ2v) is 10.6. The molecular formula is C22H31FIN3O3S. The molecule has 0 radical (unpaired) electrons. The SMILES string of the molecule is CN=C(NCCc1ccc(Oc2ccccc2)c(F)c1)NCCS(=O)(=O)C(C)(C)C.I. The number of sulfone groups is 1. The first kappa shape index (κ1) is 27.2. The molecule has 0 unspecified atom stereocenters. The van der Waals surface area contributed by atoms with Crippen LogP contribution in [0.3, 0.4) is 0 Å². The predicted octanol–water partition coefficient (Wildman–Crippen LogP) is 4.16. The molecule has 2 rings (SSSR count). The maximum Gasteiger partial charge on any atom is 0.191 e. The summed E-state index contributed by atoms with van der Waals surface area (Å²) in [6.07, 6.45) is 0.573. The van der Waals surface area contributed by atoms with E-state index in [1.807, 2.05) is 24.3 Å². The van der Waals surface area contributed by atoms with Gasteiger partial charge in [-0.2, -0.15) is 0 Å². The van der Waals surface area contributed by atoms with Crippen LogP contribution in [0.2, 0.25) is 0 Å². The number of guanidine groups is 1. The number of benzene rings is 2. The van der Waals surface area contributed by atoms with Crippen LogP contribution in [0.1, 0.15) is 26.3 Å². The van der Waals surface area contributed by atoms with Crippen molar-refractivity contribution in [2.24, 2.45) is 4.99 Å². The second-order valence-electron chi connectivity index (χ2n) is 7.79. The lowest BCUT2D eigenvalue weighted by Gasteiger charge is -2.19. The number of hydrogen-bond acceptors (Lipinski definition) is 4. The Hall–Kier alpha value is -1.88. The van der Waals surface area contributed by atoms with E-state index in [0.29, 0.717) is 24.7 Å². The predicted molar refractivity (Wildman–Crippen MR) is 135 cm³/mol. The summed E-state index contributed by atoms with van der Waals surface area (Å²) in [6.45, 7) is 5.84. The van der Waals surface area contributed by atoms with Crippen LogP contribution in [0, 0.1) is 5.82 Å². The lowest BCUT2D eigenvalue weighted by atomic mass is 10.1. The number of nitrogens with zero attached hydrogens (tertiary/aromatic N) is 1. The molecule has 0 saturated heterocycles. The van der Waals surface area contributed by atoms with Crippen molar-refractivity contribution in [3.63, 3.8) is 0 Å². The molecule has 0 fully saturated rings. The molecule has 0 aliphatic heterocycles. The van der Waals surface area contributed by atoms with Gasteiger partial charge in [0.25, 0.3) is 0 Å². The first-order chi connectivity index (χ1) is 14.1. The number of rotatable bonds is 8. The van der Waals surface area contributed by atoms with Gasteiger partial charge in [0.15, 0.2) is 27.4 Å². The number of ether oxygens (including phenoxy) is 1. The average molecular weight is 563 g/mol. The lowest BCUT2D eigenvalue weighted by Crippen LogP contribution is -2.42. The van der Waals surface area contributed by atoms with Gasteiger partial charge in [0.1, 0.15) is 5.75 Å². The Morgan fingerprint density at radius 2 is 1.71 bits per heavy atom. The van der Waals surface area contributed by atoms with Crippen LogP contribution in [0.5, 0.6) is 11.5 Å². The summed E-state index contributed by atoms with van der Waals surface area (Å²) in [7, 11) is -1.58. The highest BCUT2D eigenvalue weighted by Crippen LogP contribution is 2.25. The minimum atomic E-state index is -3.20. The van der Waals surface area contributed by atoms with Gasteiger partial charge in [-0.1, -0.05) is 24.3 Å². The van der Waals surface area contributed by atoms with Crippen molar-refractivity contribution >= 4 is 39.8 Å². The molecule has 0 aromatic heterocycles. The van der Waals surface area contributed by atoms with Crippen molar-refractivity contribution in [1.82, 2.24) is 10.6 Å². The molecule has 2 aromatic carbocycles. The number of para-hydroxylation sites is 1. The van der Waals surface area contributed by atoms with Crippen LogP contribution in [0.25, 0.3) is 0 Å². The fourth-order valence-electron chi connectivity index (χ4n) is 2.55. The van der Waals surface area contributed by atoms with E-state index in [4.69, 9.17) is 4.74 Å². The third-order valence-electron chi connectivity index (χ3n) is 4.49. The zero-order valence-electron chi connectivity index (χ0n) is 18.3. The Balaban J connectivity index is 0.00000480. The lowest BCUT2D eigenvalue weighted by molar-refractivity contribution is 0.441. The second kappa shape index (κ2) is 12.2. The Kier molecular flexibility index (Phi) is 10.7. The molecule has 6 nitrogen and oxygen atoms in total. The Labute approximate surface area is 201 Å². The molecule has 172 valence electrons. The van der Waals surface area contributed by atoms with E-state index in [0.717, 1.165) is 5.56 Å². The molecule has 0 bridgehead atoms. The summed E-state index contributed by atoms with van der Waals surface area (Å²) in [6, 6.07) is 13.9. The van der Waals surface area contributed by atoms with E-state index in [9.17, 15) is 12.8 Å². The molecule has 31 heavy (non-hydrogen) atoms. The molecule has 0 amide bonds. The van der Waals surface area contributed by atoms with Gasteiger partial charge in [-0.25, -0.2) is 12.8 Å². The largest absolute Gasteiger partial charge is 0.454 e. The third kappa shape index (κ3) is 8.64. The van der Waals surface area contributed by atoms with Crippen LogP contribution in [-0.2, 0) is 16.3 Å². The van der Waals surface area contributed by atoms with Crippen molar-refractivity contribution in [2.45, 2.75) is 31.9 Å². The van der Waals surface area contributed by atoms with Crippen molar-refractivity contribution in [3.05, 3.63) is 59.9 Å². The van der Waals surface area contributed by atoms with Crippen molar-refractivity contribution < 1.29 is 17.5 Å². The van der Waals surface area contributed by atoms with E-state index in [-0.39, 0.29) is 42.0 Å². The van der Waals surface area contributed by atoms with Gasteiger partial charge in [0.05, 0.1) is 10.5 Å². The molecule has 0 heterocycles. The highest BCUT2D eigenvalue weighted by atomic mass is 127. The van der Waals surface area contributed by atoms with Crippen molar-refractivity contribution in [2.75, 3.05) is 25.9 Å². The summed E-state index contributed by atoms with van der Waals surface area (Å²) >= 11 is 0. The standard InChI is InChI=1S/C22H30FN3O3S.HI/c1-22(2,3)30(27,28)15-14-26-21(24-4)25-13-12-17-10-11-20(19(23)16-17)29-18-8-6-5-7-9-18;/h5-11,16H,12-15H2,1-4H3,(H2,24,25,26);1H. The van der Waals surface area contributed by atoms with Crippen LogP contribution < -0.4 is 15.4 Å². The molecule has 0 atom stereocenters. The normalized spacial score (nSPS) is 12.1. The highest BCUT2D eigenvalue weighted by molar-refractivity contribution is 14.0. The molecule has 9 heteroatoms. The van der Waals surface area contributed by atoms with Crippen LogP contribution in [0.4, 0.5) is 4.39 Å². The van der Waals surface area contributed by atoms with E-state index in [1.54, 1.807) is 46.0 Å². The Morgan fingerprint density at radius 1 is 1.06 bits per heavy atom. The van der Waals surface area contributed by atoms with E-state index < -0.39 is 20.4 Å². The first-order valence-corrected chi connectivity index (χ1v) is 11.5. The van der Waals surface area contributed by atoms with Crippen LogP contribution in [0.15, 0.2) is 53.5 Å². The van der Waals surface area contributed by atoms with Gasteiger partial charge >= 0.3 is 0 Å². The highest BCUT2D eigenvalue weighted by Gasteiger charge is 2.28. The molecular weight excluding hydrogens is 532 g/mol. The van der Waals surface area contributed by atoms with Gasteiger partial charge in [-0.05, 0) is 57.0 Å². The zero-order valence-corrected chi connectivity index (χ0v) is 21.5. The van der Waals surface area contributed by atoms with E-state index in [2.05, 4.69) is 15.6 Å². The quantitative estimate of drug-likeness (QED) is 0.287. The van der Waals surface area contributed by atoms with Gasteiger partial charge in [-0.3, -0.25) is 4.99 Å². The fourth-order valence-corrected chi connectivity index (χ4v) is 3.54. The molecule has 0 spiro atoms. The van der Waals surface area contributed by atoms with Gasteiger partial charge in [-0.15, -0.1) is 24.0 Å². The molecule has 0 aliphatic rings. The Morgan fingerprint density at radius 3 is 2.29 bits per heavy atom. The topological polar surface area (TPSA) is 79.8 Å². The van der Waals surface area contributed by atoms with Crippen LogP contribution in [-0.4, -0.2) is 45.0 Å². The molecule has 0 aliphatic carbocycles. The number of halogens is 2. The Bertz CT molecular complexity index is 962. The van der Waals surface area contributed by atoms with Gasteiger partial charge in [0, 0.05) is 20.1 Å². The van der Waals surface area contributed by atoms with E-state index >= 15 is 0 Å². The number of aliphatic imine (C=N–C) groups is 1. The summed E-state index contributed by atoms with van der Waals surface area (Å²) in [4.78, 5) is 4.09. The maximum atomic E-state index is 14.3. The zero-order chi connectivity index (χ0) is 22.2. The smallest absolute Gasteiger partial charge is 0.191 e. The van der Waals surface area contributed by atoms with Gasteiger partial charge in [0.2, 0.25) is 0 Å². The monoisotopic (exact) mass is 563 g/mol. The minimum absolute atomic E-state index is 0. The van der Waals surface area contributed by atoms with Gasteiger partial charge < -0.3 is 15.4 Å². The third-order valence-corrected chi connectivity index (χ3v) is 7.10. The van der Waals surface area contributed by atoms with Crippen molar-refractivity contribution in [3.8, 4) is 11.5 Å². The van der Waals surface area contributed by atoms with Crippen molar-refractivity contribution in [1.29, 1.82) is 0 Å². The summed E-state index contributed by atoms with van der Waals surface area (Å²) in [5.41, 5.74) is 0.811. The average Bonchev–Trinajstić information content (AvgIpc) is 2.68. The molecule has 0 saturated carbocycles. The van der Waals surface area contributed by atoms with E-state index in [1.165, 1.54) is 6.07 Å². The maximum absolute atomic E-state index is 14.3. The van der Waals surface area contributed by atoms with Crippen LogP contribution >= 0.6 is 24.0 Å².